The fourth-order valence-corrected chi connectivity index (χ4v) is 12.7. The molecular weight excluding hydrogens is 902 g/mol. The van der Waals surface area contributed by atoms with Crippen molar-refractivity contribution in [1.29, 1.82) is 0 Å². The van der Waals surface area contributed by atoms with Crippen LogP contribution in [0.1, 0.15) is 251 Å². The lowest BCUT2D eigenvalue weighted by molar-refractivity contribution is -0.0893. The molecule has 0 aromatic heterocycles. The van der Waals surface area contributed by atoms with Gasteiger partial charge in [-0.1, -0.05) is 229 Å². The molecule has 8 rings (SSSR count). The third-order valence-corrected chi connectivity index (χ3v) is 18.9. The van der Waals surface area contributed by atoms with E-state index in [1.807, 2.05) is 35.2 Å². The third kappa shape index (κ3) is 10.7. The first-order valence-corrected chi connectivity index (χ1v) is 29.3. The molecule has 0 saturated carbocycles. The van der Waals surface area contributed by atoms with Crippen LogP contribution in [0.5, 0.6) is 0 Å². The lowest BCUT2D eigenvalue weighted by atomic mass is 9.60. The quantitative estimate of drug-likeness (QED) is 0.0667. The molecule has 4 aliphatic rings. The molecule has 1 heterocycles. The summed E-state index contributed by atoms with van der Waals surface area (Å²) in [4.78, 5) is 0. The summed E-state index contributed by atoms with van der Waals surface area (Å²) in [5.41, 5.74) is 12.7. The number of benzene rings is 4. The van der Waals surface area contributed by atoms with Crippen molar-refractivity contribution in [3.05, 3.63) is 147 Å². The SMILES string of the molecule is CCCCCCCCC1(CCCCCCCC)c2cc([B]OC(C)(C)C(C)(C)O)ccc2-c2cc3c(cc21)C1C=CC(B2OC(C)(C)C(C)(C)O2)=CC1C3(c1ccc(C(C)(C)C)cc1)c1ccc(C(C)(C)C)cc1. The van der Waals surface area contributed by atoms with Crippen molar-refractivity contribution in [3.63, 3.8) is 0 Å². The summed E-state index contributed by atoms with van der Waals surface area (Å²) in [5, 5.41) is 11.1. The van der Waals surface area contributed by atoms with Crippen LogP contribution in [-0.4, -0.2) is 42.1 Å². The van der Waals surface area contributed by atoms with Crippen LogP contribution < -0.4 is 5.46 Å². The molecule has 397 valence electrons. The lowest BCUT2D eigenvalue weighted by Gasteiger charge is -2.40. The Morgan fingerprint density at radius 1 is 0.581 bits per heavy atom. The van der Waals surface area contributed by atoms with Crippen LogP contribution in [0.25, 0.3) is 11.1 Å². The smallest absolute Gasteiger partial charge is 0.427 e. The fourth-order valence-electron chi connectivity index (χ4n) is 12.7. The van der Waals surface area contributed by atoms with E-state index in [2.05, 4.69) is 180 Å². The number of allylic oxidation sites excluding steroid dienone is 4. The standard InChI is InChI=1S/C68H95B2O4/c1-17-19-21-23-25-27-41-67(42-28-26-24-22-20-18-2)57-43-51(69-72-64(11,12)63(9,10)71)37-39-53(57)55-46-60-56(45-58(55)67)54-40-38-52(70-73-65(13,14)66(15,16)74-70)44-59(54)68(60,49-33-29-47(30-34-49)61(3,4)5)50-35-31-48(32-36-50)62(6,7)8/h29-40,43-46,54,59,71H,17-28,41-42H2,1-16H3. The van der Waals surface area contributed by atoms with Crippen LogP contribution in [-0.2, 0) is 35.6 Å². The maximum Gasteiger partial charge on any atom is 0.494 e. The van der Waals surface area contributed by atoms with Gasteiger partial charge >= 0.3 is 14.6 Å². The number of hydrogen-bond acceptors (Lipinski definition) is 4. The minimum absolute atomic E-state index is 0.0127. The average Bonchev–Trinajstić information content (AvgIpc) is 3.86. The second-order valence-corrected chi connectivity index (χ2v) is 27.3. The lowest BCUT2D eigenvalue weighted by Crippen LogP contribution is -2.49. The molecule has 1 N–H and O–H groups in total. The number of hydrogen-bond donors (Lipinski definition) is 1. The van der Waals surface area contributed by atoms with Crippen molar-refractivity contribution >= 4 is 20.1 Å². The van der Waals surface area contributed by atoms with Gasteiger partial charge in [0.2, 0.25) is 0 Å². The van der Waals surface area contributed by atoms with E-state index < -0.39 is 34.9 Å². The van der Waals surface area contributed by atoms with Gasteiger partial charge in [-0.15, -0.1) is 0 Å². The van der Waals surface area contributed by atoms with Crippen LogP contribution in [0, 0.1) is 5.92 Å². The summed E-state index contributed by atoms with van der Waals surface area (Å²) in [6.45, 7) is 34.9. The van der Waals surface area contributed by atoms with E-state index in [-0.39, 0.29) is 28.1 Å². The molecule has 6 heteroatoms. The zero-order valence-electron chi connectivity index (χ0n) is 49.1. The Kier molecular flexibility index (Phi) is 16.3. The van der Waals surface area contributed by atoms with Crippen molar-refractivity contribution < 1.29 is 19.1 Å². The Morgan fingerprint density at radius 3 is 1.55 bits per heavy atom. The van der Waals surface area contributed by atoms with E-state index in [4.69, 9.17) is 14.0 Å². The highest BCUT2D eigenvalue weighted by molar-refractivity contribution is 6.55. The van der Waals surface area contributed by atoms with Gasteiger partial charge in [0.25, 0.3) is 0 Å². The van der Waals surface area contributed by atoms with Crippen molar-refractivity contribution in [2.75, 3.05) is 0 Å². The number of fused-ring (bicyclic) bond motifs is 6. The number of rotatable bonds is 21. The summed E-state index contributed by atoms with van der Waals surface area (Å²) in [5.74, 6) is 0.177. The van der Waals surface area contributed by atoms with Crippen molar-refractivity contribution in [2.24, 2.45) is 5.92 Å². The molecule has 1 saturated heterocycles. The van der Waals surface area contributed by atoms with Crippen LogP contribution in [0.2, 0.25) is 0 Å². The highest BCUT2D eigenvalue weighted by Crippen LogP contribution is 2.64. The Labute approximate surface area is 451 Å². The van der Waals surface area contributed by atoms with Gasteiger partial charge in [-0.2, -0.15) is 0 Å². The predicted octanol–water partition coefficient (Wildman–Crippen LogP) is 17.0. The summed E-state index contributed by atoms with van der Waals surface area (Å²) in [6, 6.07) is 32.0. The summed E-state index contributed by atoms with van der Waals surface area (Å²) in [6.07, 6.45) is 24.9. The van der Waals surface area contributed by atoms with E-state index in [0.717, 1.165) is 23.8 Å². The van der Waals surface area contributed by atoms with Crippen molar-refractivity contribution in [2.45, 2.75) is 251 Å². The molecule has 3 aliphatic carbocycles. The molecule has 0 amide bonds. The topological polar surface area (TPSA) is 47.9 Å². The molecule has 74 heavy (non-hydrogen) atoms. The minimum Gasteiger partial charge on any atom is -0.427 e. The zero-order chi connectivity index (χ0) is 53.7. The van der Waals surface area contributed by atoms with E-state index in [1.54, 1.807) is 0 Å². The van der Waals surface area contributed by atoms with E-state index in [0.29, 0.717) is 0 Å². The number of unbranched alkanes of at least 4 members (excludes halogenated alkanes) is 10. The molecule has 2 unspecified atom stereocenters. The Bertz CT molecular complexity index is 2560. The second-order valence-electron chi connectivity index (χ2n) is 27.3. The van der Waals surface area contributed by atoms with E-state index >= 15 is 0 Å². The van der Waals surface area contributed by atoms with Crippen LogP contribution >= 0.6 is 0 Å². The molecule has 1 fully saturated rings. The van der Waals surface area contributed by atoms with E-state index in [1.165, 1.54) is 133 Å². The zero-order valence-corrected chi connectivity index (χ0v) is 49.1. The van der Waals surface area contributed by atoms with Gasteiger partial charge in [-0.05, 0) is 146 Å². The minimum atomic E-state index is -1.02. The molecule has 4 aromatic carbocycles. The second kappa shape index (κ2) is 21.3. The Balaban J connectivity index is 1.39. The van der Waals surface area contributed by atoms with Gasteiger partial charge in [0.1, 0.15) is 0 Å². The highest BCUT2D eigenvalue weighted by atomic mass is 16.7. The maximum absolute atomic E-state index is 11.1. The van der Waals surface area contributed by atoms with Crippen LogP contribution in [0.3, 0.4) is 0 Å². The van der Waals surface area contributed by atoms with Gasteiger partial charge < -0.3 is 19.1 Å². The van der Waals surface area contributed by atoms with Gasteiger partial charge in [-0.25, -0.2) is 0 Å². The summed E-state index contributed by atoms with van der Waals surface area (Å²) < 4.78 is 20.3. The maximum atomic E-state index is 11.1. The van der Waals surface area contributed by atoms with Gasteiger partial charge in [-0.3, -0.25) is 0 Å². The molecule has 2 atom stereocenters. The molecule has 1 radical (unpaired) electrons. The molecule has 4 aromatic rings. The summed E-state index contributed by atoms with van der Waals surface area (Å²) in [7, 11) is 1.45. The molecule has 4 nitrogen and oxygen atoms in total. The molecule has 1 aliphatic heterocycles. The predicted molar refractivity (Wildman–Crippen MR) is 315 cm³/mol. The molecule has 0 spiro atoms. The normalized spacial score (nSPS) is 20.3. The van der Waals surface area contributed by atoms with Gasteiger partial charge in [0.15, 0.2) is 0 Å². The fraction of sp³-hybridized carbons (Fsp3) is 0.588. The average molecular weight is 998 g/mol. The largest absolute Gasteiger partial charge is 0.494 e. The Hall–Kier alpha value is -3.67. The third-order valence-electron chi connectivity index (χ3n) is 18.9. The molecule has 0 bridgehead atoms. The first-order chi connectivity index (χ1) is 34.7. The highest BCUT2D eigenvalue weighted by Gasteiger charge is 2.58. The molecular formula is C68H95B2O4. The van der Waals surface area contributed by atoms with Crippen LogP contribution in [0.4, 0.5) is 0 Å². The van der Waals surface area contributed by atoms with E-state index in [9.17, 15) is 5.11 Å². The first kappa shape index (κ1) is 56.5. The first-order valence-electron chi connectivity index (χ1n) is 29.3. The van der Waals surface area contributed by atoms with Gasteiger partial charge in [0, 0.05) is 17.3 Å². The van der Waals surface area contributed by atoms with Crippen molar-refractivity contribution in [1.82, 2.24) is 0 Å². The summed E-state index contributed by atoms with van der Waals surface area (Å²) >= 11 is 0. The monoisotopic (exact) mass is 998 g/mol. The number of aliphatic hydroxyl groups is 1. The van der Waals surface area contributed by atoms with Crippen LogP contribution in [0.15, 0.2) is 103 Å². The van der Waals surface area contributed by atoms with Crippen molar-refractivity contribution in [3.8, 4) is 11.1 Å². The Morgan fingerprint density at radius 2 is 1.07 bits per heavy atom. The van der Waals surface area contributed by atoms with Gasteiger partial charge in [0.05, 0.1) is 27.8 Å².